The first-order chi connectivity index (χ1) is 8.99. The van der Waals surface area contributed by atoms with E-state index in [0.29, 0.717) is 6.54 Å². The van der Waals surface area contributed by atoms with Gasteiger partial charge in [-0.3, -0.25) is 4.79 Å². The topological polar surface area (TPSA) is 49.8 Å². The molecule has 1 aromatic carbocycles. The summed E-state index contributed by atoms with van der Waals surface area (Å²) >= 11 is 0. The van der Waals surface area contributed by atoms with Crippen LogP contribution < -0.4 is 4.74 Å². The lowest BCUT2D eigenvalue weighted by Gasteiger charge is -2.13. The van der Waals surface area contributed by atoms with Crippen molar-refractivity contribution in [2.45, 2.75) is 13.8 Å². The fourth-order valence-electron chi connectivity index (χ4n) is 1.86. The molecule has 104 valence electrons. The van der Waals surface area contributed by atoms with Gasteiger partial charge in [0.2, 0.25) is 5.91 Å². The molecule has 0 saturated carbocycles. The van der Waals surface area contributed by atoms with E-state index in [-0.39, 0.29) is 12.5 Å². The molecule has 0 spiro atoms. The third-order valence-electron chi connectivity index (χ3n) is 3.01. The van der Waals surface area contributed by atoms with Gasteiger partial charge in [-0.05, 0) is 48.7 Å². The molecule has 4 nitrogen and oxygen atoms in total. The van der Waals surface area contributed by atoms with Crippen molar-refractivity contribution in [2.24, 2.45) is 0 Å². The lowest BCUT2D eigenvalue weighted by Crippen LogP contribution is -2.27. The smallest absolute Gasteiger partial charge is 0.246 e. The Kier molecular flexibility index (Phi) is 5.57. The van der Waals surface area contributed by atoms with Gasteiger partial charge in [0.15, 0.2) is 0 Å². The van der Waals surface area contributed by atoms with Gasteiger partial charge in [-0.15, -0.1) is 0 Å². The summed E-state index contributed by atoms with van der Waals surface area (Å²) in [5.41, 5.74) is 3.14. The quantitative estimate of drug-likeness (QED) is 0.824. The number of rotatable bonds is 5. The first-order valence-corrected chi connectivity index (χ1v) is 6.19. The highest BCUT2D eigenvalue weighted by molar-refractivity contribution is 5.92. The summed E-state index contributed by atoms with van der Waals surface area (Å²) in [6.07, 6.45) is 3.33. The zero-order valence-electron chi connectivity index (χ0n) is 11.9. The molecule has 0 aliphatic heterocycles. The van der Waals surface area contributed by atoms with Crippen LogP contribution in [0.1, 0.15) is 16.7 Å². The van der Waals surface area contributed by atoms with Gasteiger partial charge in [0.1, 0.15) is 5.75 Å². The second kappa shape index (κ2) is 6.95. The highest BCUT2D eigenvalue weighted by Gasteiger charge is 2.06. The van der Waals surface area contributed by atoms with Crippen molar-refractivity contribution in [3.8, 4) is 5.75 Å². The van der Waals surface area contributed by atoms with E-state index in [1.165, 1.54) is 11.0 Å². The van der Waals surface area contributed by atoms with E-state index in [4.69, 9.17) is 9.84 Å². The summed E-state index contributed by atoms with van der Waals surface area (Å²) in [6, 6.07) is 3.88. The van der Waals surface area contributed by atoms with Gasteiger partial charge in [-0.25, -0.2) is 0 Å². The maximum Gasteiger partial charge on any atom is 0.246 e. The fourth-order valence-corrected chi connectivity index (χ4v) is 1.86. The second-order valence-electron chi connectivity index (χ2n) is 4.49. The molecule has 0 heterocycles. The molecule has 1 amide bonds. The number of amides is 1. The molecule has 1 N–H and O–H groups in total. The van der Waals surface area contributed by atoms with Crippen LogP contribution in [0, 0.1) is 13.8 Å². The van der Waals surface area contributed by atoms with Crippen molar-refractivity contribution in [1.29, 1.82) is 0 Å². The normalized spacial score (nSPS) is 10.8. The van der Waals surface area contributed by atoms with Crippen LogP contribution in [0.4, 0.5) is 0 Å². The molecule has 0 bridgehead atoms. The molecule has 1 rings (SSSR count). The largest absolute Gasteiger partial charge is 0.497 e. The predicted molar refractivity (Wildman–Crippen MR) is 76.2 cm³/mol. The van der Waals surface area contributed by atoms with Crippen molar-refractivity contribution >= 4 is 12.0 Å². The second-order valence-corrected chi connectivity index (χ2v) is 4.49. The van der Waals surface area contributed by atoms with Gasteiger partial charge >= 0.3 is 0 Å². The predicted octanol–water partition coefficient (Wildman–Crippen LogP) is 1.78. The van der Waals surface area contributed by atoms with Crippen molar-refractivity contribution in [2.75, 3.05) is 27.3 Å². The van der Waals surface area contributed by atoms with Crippen LogP contribution >= 0.6 is 0 Å². The van der Waals surface area contributed by atoms with Crippen molar-refractivity contribution in [3.05, 3.63) is 34.9 Å². The summed E-state index contributed by atoms with van der Waals surface area (Å²) in [6.45, 7) is 4.27. The molecule has 0 fully saturated rings. The summed E-state index contributed by atoms with van der Waals surface area (Å²) < 4.78 is 5.20. The molecule has 0 unspecified atom stereocenters. The van der Waals surface area contributed by atoms with Crippen molar-refractivity contribution < 1.29 is 14.6 Å². The number of aliphatic hydroxyl groups excluding tert-OH is 1. The lowest BCUT2D eigenvalue weighted by atomic mass is 10.0. The number of carbonyl (C=O) groups is 1. The minimum atomic E-state index is -0.122. The number of carbonyl (C=O) groups excluding carboxylic acids is 1. The van der Waals surface area contributed by atoms with Gasteiger partial charge in [-0.1, -0.05) is 0 Å². The molecule has 4 heteroatoms. The van der Waals surface area contributed by atoms with E-state index in [0.717, 1.165) is 22.4 Å². The molecule has 0 aliphatic carbocycles. The van der Waals surface area contributed by atoms with Crippen molar-refractivity contribution in [1.82, 2.24) is 4.90 Å². The molecule has 0 radical (unpaired) electrons. The number of aliphatic hydroxyl groups is 1. The van der Waals surface area contributed by atoms with Gasteiger partial charge in [0.25, 0.3) is 0 Å². The number of likely N-dealkylation sites (N-methyl/N-ethyl adjacent to an activating group) is 1. The van der Waals surface area contributed by atoms with Crippen LogP contribution in [0.2, 0.25) is 0 Å². The number of hydrogen-bond donors (Lipinski definition) is 1. The minimum Gasteiger partial charge on any atom is -0.497 e. The van der Waals surface area contributed by atoms with E-state index in [2.05, 4.69) is 0 Å². The van der Waals surface area contributed by atoms with Crippen molar-refractivity contribution in [3.63, 3.8) is 0 Å². The Morgan fingerprint density at radius 3 is 2.42 bits per heavy atom. The summed E-state index contributed by atoms with van der Waals surface area (Å²) in [7, 11) is 3.30. The van der Waals surface area contributed by atoms with Gasteiger partial charge < -0.3 is 14.7 Å². The number of nitrogens with zero attached hydrogens (tertiary/aromatic N) is 1. The highest BCUT2D eigenvalue weighted by Crippen LogP contribution is 2.22. The third kappa shape index (κ3) is 4.10. The first kappa shape index (κ1) is 15.2. The van der Waals surface area contributed by atoms with Crippen LogP contribution in [-0.4, -0.2) is 43.2 Å². The number of benzene rings is 1. The van der Waals surface area contributed by atoms with E-state index in [1.54, 1.807) is 20.2 Å². The maximum atomic E-state index is 11.8. The molecule has 0 aromatic heterocycles. The van der Waals surface area contributed by atoms with Crippen LogP contribution in [0.15, 0.2) is 18.2 Å². The van der Waals surface area contributed by atoms with Crippen LogP contribution in [0.5, 0.6) is 5.75 Å². The number of ether oxygens (including phenoxy) is 1. The van der Waals surface area contributed by atoms with Crippen LogP contribution in [0.3, 0.4) is 0 Å². The minimum absolute atomic E-state index is 0.0311. The number of methoxy groups -OCH3 is 1. The Bertz CT molecular complexity index is 457. The molecular weight excluding hydrogens is 242 g/mol. The Morgan fingerprint density at radius 2 is 1.95 bits per heavy atom. The van der Waals surface area contributed by atoms with E-state index >= 15 is 0 Å². The Morgan fingerprint density at radius 1 is 1.37 bits per heavy atom. The molecule has 1 aromatic rings. The standard InChI is InChI=1S/C15H21NO3/c1-11-9-13(19-4)10-12(2)14(11)5-6-15(18)16(3)7-8-17/h5-6,9-10,17H,7-8H2,1-4H3/b6-5+. The average Bonchev–Trinajstić information content (AvgIpc) is 2.37. The Balaban J connectivity index is 2.91. The SMILES string of the molecule is COc1cc(C)c(/C=C/C(=O)N(C)CCO)c(C)c1. The summed E-state index contributed by atoms with van der Waals surface area (Å²) in [4.78, 5) is 13.2. The van der Waals surface area contributed by atoms with Crippen LogP contribution in [0.25, 0.3) is 6.08 Å². The molecule has 0 saturated heterocycles. The molecule has 0 aliphatic rings. The van der Waals surface area contributed by atoms with Crippen LogP contribution in [-0.2, 0) is 4.79 Å². The van der Waals surface area contributed by atoms with Gasteiger partial charge in [-0.2, -0.15) is 0 Å². The highest BCUT2D eigenvalue weighted by atomic mass is 16.5. The van der Waals surface area contributed by atoms with Gasteiger partial charge in [0.05, 0.1) is 13.7 Å². The monoisotopic (exact) mass is 263 g/mol. The van der Waals surface area contributed by atoms with Gasteiger partial charge in [0, 0.05) is 19.7 Å². The Labute approximate surface area is 114 Å². The zero-order chi connectivity index (χ0) is 14.4. The maximum absolute atomic E-state index is 11.8. The van der Waals surface area contributed by atoms with E-state index < -0.39 is 0 Å². The fraction of sp³-hybridized carbons (Fsp3) is 0.400. The average molecular weight is 263 g/mol. The lowest BCUT2D eigenvalue weighted by molar-refractivity contribution is -0.125. The summed E-state index contributed by atoms with van der Waals surface area (Å²) in [5, 5.41) is 8.78. The molecule has 0 atom stereocenters. The third-order valence-corrected chi connectivity index (χ3v) is 3.01. The summed E-state index contributed by atoms with van der Waals surface area (Å²) in [5.74, 6) is 0.694. The van der Waals surface area contributed by atoms with E-state index in [9.17, 15) is 4.79 Å². The zero-order valence-corrected chi connectivity index (χ0v) is 11.9. The number of hydrogen-bond acceptors (Lipinski definition) is 3. The first-order valence-electron chi connectivity index (χ1n) is 6.19. The van der Waals surface area contributed by atoms with E-state index in [1.807, 2.05) is 26.0 Å². The molecular formula is C15H21NO3. The molecule has 19 heavy (non-hydrogen) atoms. The number of aryl methyl sites for hydroxylation is 2. The Hall–Kier alpha value is -1.81.